The number of rotatable bonds is 4. The molecule has 0 saturated carbocycles. The van der Waals surface area contributed by atoms with Gasteiger partial charge in [0, 0.05) is 23.8 Å². The molecule has 0 aromatic heterocycles. The predicted molar refractivity (Wildman–Crippen MR) is 62.4 cm³/mol. The van der Waals surface area contributed by atoms with Gasteiger partial charge in [0.2, 0.25) is 0 Å². The maximum absolute atomic E-state index is 11.3. The average Bonchev–Trinajstić information content (AvgIpc) is 2.22. The Morgan fingerprint density at radius 2 is 1.93 bits per heavy atom. The summed E-state index contributed by atoms with van der Waals surface area (Å²) >= 11 is 5.71. The number of anilines is 1. The molecular weight excluding hydrogens is 214 g/mol. The van der Waals surface area contributed by atoms with Crippen LogP contribution in [-0.4, -0.2) is 26.2 Å². The molecule has 0 aliphatic heterocycles. The summed E-state index contributed by atoms with van der Waals surface area (Å²) in [6.45, 7) is 1.34. The van der Waals surface area contributed by atoms with E-state index in [1.54, 1.807) is 24.3 Å². The quantitative estimate of drug-likeness (QED) is 0.686. The molecule has 1 aromatic rings. The molecule has 0 atom stereocenters. The molecule has 1 aromatic carbocycles. The first-order chi connectivity index (χ1) is 7.22. The summed E-state index contributed by atoms with van der Waals surface area (Å²) < 4.78 is 0. The number of carbonyl (C=O) groups excluding carboxylic acids is 1. The summed E-state index contributed by atoms with van der Waals surface area (Å²) in [5.41, 5.74) is 0.723. The predicted octanol–water partition coefficient (Wildman–Crippen LogP) is 1.68. The number of benzene rings is 1. The van der Waals surface area contributed by atoms with E-state index in [1.165, 1.54) is 0 Å². The van der Waals surface area contributed by atoms with Crippen LogP contribution in [-0.2, 0) is 0 Å². The molecule has 82 valence electrons. The third kappa shape index (κ3) is 4.67. The normalized spacial score (nSPS) is 9.73. The van der Waals surface area contributed by atoms with Gasteiger partial charge in [-0.2, -0.15) is 0 Å². The van der Waals surface area contributed by atoms with Crippen LogP contribution in [0.5, 0.6) is 0 Å². The van der Waals surface area contributed by atoms with Crippen molar-refractivity contribution in [2.24, 2.45) is 0 Å². The highest BCUT2D eigenvalue weighted by Crippen LogP contribution is 2.12. The molecule has 0 bridgehead atoms. The molecule has 5 heteroatoms. The Morgan fingerprint density at radius 3 is 2.53 bits per heavy atom. The van der Waals surface area contributed by atoms with Gasteiger partial charge in [-0.3, -0.25) is 0 Å². The SMILES string of the molecule is CNCCNC(=O)Nc1ccc(Cl)cc1. The molecule has 0 saturated heterocycles. The second-order valence-electron chi connectivity index (χ2n) is 2.99. The Labute approximate surface area is 94.0 Å². The number of urea groups is 1. The van der Waals surface area contributed by atoms with Crippen molar-refractivity contribution in [1.29, 1.82) is 0 Å². The Morgan fingerprint density at radius 1 is 1.27 bits per heavy atom. The van der Waals surface area contributed by atoms with Crippen molar-refractivity contribution in [2.75, 3.05) is 25.5 Å². The molecule has 0 fully saturated rings. The van der Waals surface area contributed by atoms with Crippen molar-refractivity contribution in [1.82, 2.24) is 10.6 Å². The van der Waals surface area contributed by atoms with E-state index < -0.39 is 0 Å². The summed E-state index contributed by atoms with van der Waals surface area (Å²) in [6, 6.07) is 6.74. The molecule has 4 nitrogen and oxygen atoms in total. The van der Waals surface area contributed by atoms with Crippen molar-refractivity contribution in [2.45, 2.75) is 0 Å². The maximum Gasteiger partial charge on any atom is 0.319 e. The maximum atomic E-state index is 11.3. The van der Waals surface area contributed by atoms with Crippen LogP contribution in [0.3, 0.4) is 0 Å². The molecule has 3 N–H and O–H groups in total. The number of hydrogen-bond acceptors (Lipinski definition) is 2. The largest absolute Gasteiger partial charge is 0.337 e. The zero-order valence-corrected chi connectivity index (χ0v) is 9.27. The van der Waals surface area contributed by atoms with E-state index in [9.17, 15) is 4.79 Å². The van der Waals surface area contributed by atoms with Gasteiger partial charge in [0.25, 0.3) is 0 Å². The summed E-state index contributed by atoms with van der Waals surface area (Å²) in [6.07, 6.45) is 0. The van der Waals surface area contributed by atoms with Crippen LogP contribution < -0.4 is 16.0 Å². The first-order valence-corrected chi connectivity index (χ1v) is 5.05. The highest BCUT2D eigenvalue weighted by atomic mass is 35.5. The van der Waals surface area contributed by atoms with Crippen LogP contribution in [0.15, 0.2) is 24.3 Å². The Kier molecular flexibility index (Phi) is 4.93. The molecular formula is C10H14ClN3O. The van der Waals surface area contributed by atoms with E-state index >= 15 is 0 Å². The molecule has 0 aliphatic carbocycles. The molecule has 0 unspecified atom stereocenters. The van der Waals surface area contributed by atoms with Crippen LogP contribution in [0.1, 0.15) is 0 Å². The monoisotopic (exact) mass is 227 g/mol. The van der Waals surface area contributed by atoms with Crippen molar-refractivity contribution in [3.8, 4) is 0 Å². The number of likely N-dealkylation sites (N-methyl/N-ethyl adjacent to an activating group) is 1. The van der Waals surface area contributed by atoms with Crippen LogP contribution in [0.2, 0.25) is 5.02 Å². The number of hydrogen-bond donors (Lipinski definition) is 3. The highest BCUT2D eigenvalue weighted by Gasteiger charge is 1.99. The number of halogens is 1. The molecule has 1 rings (SSSR count). The second-order valence-corrected chi connectivity index (χ2v) is 3.43. The zero-order valence-electron chi connectivity index (χ0n) is 8.51. The number of amides is 2. The van der Waals surface area contributed by atoms with Crippen LogP contribution in [0.4, 0.5) is 10.5 Å². The summed E-state index contributed by atoms with van der Waals surface area (Å²) in [4.78, 5) is 11.3. The fourth-order valence-corrected chi connectivity index (χ4v) is 1.14. The Hall–Kier alpha value is -1.26. The Balaban J connectivity index is 2.34. The van der Waals surface area contributed by atoms with Crippen LogP contribution in [0.25, 0.3) is 0 Å². The molecule has 0 radical (unpaired) electrons. The standard InChI is InChI=1S/C10H14ClN3O/c1-12-6-7-13-10(15)14-9-4-2-8(11)3-5-9/h2-5,12H,6-7H2,1H3,(H2,13,14,15). The summed E-state index contributed by atoms with van der Waals surface area (Å²) in [5.74, 6) is 0. The first kappa shape index (κ1) is 11.8. The van der Waals surface area contributed by atoms with Gasteiger partial charge in [-0.25, -0.2) is 4.79 Å². The second kappa shape index (κ2) is 6.27. The van der Waals surface area contributed by atoms with Crippen molar-refractivity contribution >= 4 is 23.3 Å². The van der Waals surface area contributed by atoms with E-state index in [1.807, 2.05) is 7.05 Å². The average molecular weight is 228 g/mol. The topological polar surface area (TPSA) is 53.2 Å². The van der Waals surface area contributed by atoms with E-state index in [0.29, 0.717) is 11.6 Å². The molecule has 15 heavy (non-hydrogen) atoms. The number of nitrogens with one attached hydrogen (secondary N) is 3. The minimum atomic E-state index is -0.215. The lowest BCUT2D eigenvalue weighted by Crippen LogP contribution is -2.33. The first-order valence-electron chi connectivity index (χ1n) is 4.67. The van der Waals surface area contributed by atoms with E-state index in [-0.39, 0.29) is 6.03 Å². The van der Waals surface area contributed by atoms with Gasteiger partial charge >= 0.3 is 6.03 Å². The highest BCUT2D eigenvalue weighted by molar-refractivity contribution is 6.30. The van der Waals surface area contributed by atoms with Crippen molar-refractivity contribution < 1.29 is 4.79 Å². The van der Waals surface area contributed by atoms with Crippen molar-refractivity contribution in [3.05, 3.63) is 29.3 Å². The lowest BCUT2D eigenvalue weighted by molar-refractivity contribution is 0.252. The van der Waals surface area contributed by atoms with E-state index in [4.69, 9.17) is 11.6 Å². The third-order valence-electron chi connectivity index (χ3n) is 1.76. The molecule has 0 aliphatic rings. The minimum Gasteiger partial charge on any atom is -0.337 e. The number of carbonyl (C=O) groups is 1. The van der Waals surface area contributed by atoms with Gasteiger partial charge < -0.3 is 16.0 Å². The van der Waals surface area contributed by atoms with Gasteiger partial charge in [-0.1, -0.05) is 11.6 Å². The van der Waals surface area contributed by atoms with Gasteiger partial charge in [-0.15, -0.1) is 0 Å². The smallest absolute Gasteiger partial charge is 0.319 e. The van der Waals surface area contributed by atoms with E-state index in [2.05, 4.69) is 16.0 Å². The van der Waals surface area contributed by atoms with Crippen LogP contribution >= 0.6 is 11.6 Å². The molecule has 0 spiro atoms. The lowest BCUT2D eigenvalue weighted by atomic mass is 10.3. The van der Waals surface area contributed by atoms with Crippen LogP contribution in [0, 0.1) is 0 Å². The fraction of sp³-hybridized carbons (Fsp3) is 0.300. The van der Waals surface area contributed by atoms with Gasteiger partial charge in [0.1, 0.15) is 0 Å². The van der Waals surface area contributed by atoms with E-state index in [0.717, 1.165) is 12.2 Å². The van der Waals surface area contributed by atoms with Gasteiger partial charge in [-0.05, 0) is 31.3 Å². The van der Waals surface area contributed by atoms with Gasteiger partial charge in [0.15, 0.2) is 0 Å². The summed E-state index contributed by atoms with van der Waals surface area (Å²) in [5, 5.41) is 8.98. The minimum absolute atomic E-state index is 0.215. The van der Waals surface area contributed by atoms with Gasteiger partial charge in [0.05, 0.1) is 0 Å². The fourth-order valence-electron chi connectivity index (χ4n) is 1.01. The molecule has 2 amide bonds. The van der Waals surface area contributed by atoms with Crippen molar-refractivity contribution in [3.63, 3.8) is 0 Å². The lowest BCUT2D eigenvalue weighted by Gasteiger charge is -2.06. The summed E-state index contributed by atoms with van der Waals surface area (Å²) in [7, 11) is 1.83. The molecule has 0 heterocycles. The Bertz CT molecular complexity index is 313. The zero-order chi connectivity index (χ0) is 11.1. The third-order valence-corrected chi connectivity index (χ3v) is 2.01.